The Bertz CT molecular complexity index is 137. The fourth-order valence-electron chi connectivity index (χ4n) is 0.632. The topological polar surface area (TPSA) is 138 Å². The van der Waals surface area contributed by atoms with Gasteiger partial charge < -0.3 is 20.4 Å². The summed E-state index contributed by atoms with van der Waals surface area (Å²) in [5.74, 6) is 0. The third kappa shape index (κ3) is 145. The van der Waals surface area contributed by atoms with Crippen molar-refractivity contribution in [1.29, 1.82) is 0 Å². The summed E-state index contributed by atoms with van der Waals surface area (Å²) in [4.78, 5) is 0. The Balaban J connectivity index is -0.0000000628. The molecular formula is C16H42O7Zr. The maximum absolute atomic E-state index is 8.84. The first-order valence-electron chi connectivity index (χ1n) is 8.74. The van der Waals surface area contributed by atoms with Gasteiger partial charge in [0.2, 0.25) is 0 Å². The molecule has 0 aromatic rings. The van der Waals surface area contributed by atoms with Crippen LogP contribution in [-0.4, -0.2) is 53.2 Å². The van der Waals surface area contributed by atoms with Crippen LogP contribution >= 0.6 is 0 Å². The molecule has 0 saturated carbocycles. The van der Waals surface area contributed by atoms with E-state index in [1.165, 1.54) is 0 Å². The van der Waals surface area contributed by atoms with Gasteiger partial charge in [-0.25, -0.2) is 0 Å². The molecule has 152 valence electrons. The second kappa shape index (κ2) is 49.5. The Kier molecular flexibility index (Phi) is 73.3. The average Bonchev–Trinajstić information content (AvgIpc) is 2.52. The molecule has 0 aliphatic heterocycles. The summed E-state index contributed by atoms with van der Waals surface area (Å²) in [7, 11) is 0. The molecule has 0 aromatic heterocycles. The second-order valence-corrected chi connectivity index (χ2v) is 5.98. The van der Waals surface area contributed by atoms with E-state index in [0.717, 1.165) is 51.4 Å². The van der Waals surface area contributed by atoms with Gasteiger partial charge in [-0.2, -0.15) is 0 Å². The van der Waals surface area contributed by atoms with Gasteiger partial charge in [-0.15, -0.1) is 0 Å². The third-order valence-electron chi connectivity index (χ3n) is 2.05. The summed E-state index contributed by atoms with van der Waals surface area (Å²) in [6.07, 6.45) is 8.15. The number of unbranched alkanes of at least 4 members (excludes halogenated alkanes) is 4. The zero-order valence-corrected chi connectivity index (χ0v) is 18.5. The molecule has 0 spiro atoms. The number of hydrogen-bond acceptors (Lipinski definition) is 5. The van der Waals surface area contributed by atoms with E-state index in [0.29, 0.717) is 26.4 Å². The molecule has 0 amide bonds. The van der Waals surface area contributed by atoms with Gasteiger partial charge in [-0.3, -0.25) is 0 Å². The Morgan fingerprint density at radius 3 is 0.667 bits per heavy atom. The number of aliphatic hydroxyl groups is 4. The molecule has 0 fully saturated rings. The first-order valence-corrected chi connectivity index (χ1v) is 11.9. The van der Waals surface area contributed by atoms with Crippen LogP contribution in [0.4, 0.5) is 0 Å². The summed E-state index contributed by atoms with van der Waals surface area (Å²) in [6.45, 7) is 9.58. The van der Waals surface area contributed by atoms with E-state index in [-0.39, 0.29) is 0 Å². The van der Waals surface area contributed by atoms with Gasteiger partial charge in [-0.05, 0) is 25.7 Å². The number of aliphatic hydroxyl groups excluding tert-OH is 4. The molecule has 0 atom stereocenters. The van der Waals surface area contributed by atoms with Crippen molar-refractivity contribution >= 4 is 0 Å². The van der Waals surface area contributed by atoms with E-state index in [4.69, 9.17) is 29.6 Å². The SMILES string of the molecule is CCCCO.CCCCO.CCCCO.CCCCO.[O]=[Zr]([OH])[OH]. The molecule has 0 unspecified atom stereocenters. The van der Waals surface area contributed by atoms with Crippen molar-refractivity contribution in [3.05, 3.63) is 0 Å². The van der Waals surface area contributed by atoms with Crippen LogP contribution in [0.25, 0.3) is 0 Å². The molecular weight excluding hydrogens is 395 g/mol. The summed E-state index contributed by atoms with van der Waals surface area (Å²) in [5, 5.41) is 32.3. The van der Waals surface area contributed by atoms with E-state index < -0.39 is 22.6 Å². The van der Waals surface area contributed by atoms with E-state index in [1.54, 1.807) is 0 Å². The molecule has 6 N–H and O–H groups in total. The number of hydrogen-bond donors (Lipinski definition) is 6. The van der Waals surface area contributed by atoms with Crippen LogP contribution in [0.3, 0.4) is 0 Å². The third-order valence-corrected chi connectivity index (χ3v) is 2.05. The molecule has 0 radical (unpaired) electrons. The van der Waals surface area contributed by atoms with Gasteiger partial charge in [0.1, 0.15) is 0 Å². The van der Waals surface area contributed by atoms with Crippen molar-refractivity contribution in [1.82, 2.24) is 0 Å². The normalized spacial score (nSPS) is 8.08. The molecule has 0 bridgehead atoms. The van der Waals surface area contributed by atoms with Gasteiger partial charge in [0, 0.05) is 26.4 Å². The van der Waals surface area contributed by atoms with E-state index in [1.807, 2.05) is 0 Å². The summed E-state index contributed by atoms with van der Waals surface area (Å²) >= 11 is -3.79. The van der Waals surface area contributed by atoms with Gasteiger partial charge >= 0.3 is 31.8 Å². The van der Waals surface area contributed by atoms with Crippen LogP contribution in [0.1, 0.15) is 79.1 Å². The van der Waals surface area contributed by atoms with Gasteiger partial charge in [0.05, 0.1) is 0 Å². The van der Waals surface area contributed by atoms with Crippen LogP contribution in [0.5, 0.6) is 0 Å². The minimum absolute atomic E-state index is 0.344. The first-order chi connectivity index (χ1) is 11.4. The molecule has 0 rings (SSSR count). The van der Waals surface area contributed by atoms with E-state index in [2.05, 4.69) is 27.7 Å². The van der Waals surface area contributed by atoms with Crippen molar-refractivity contribution < 1.29 is 52.2 Å². The second-order valence-electron chi connectivity index (χ2n) is 4.59. The summed E-state index contributed by atoms with van der Waals surface area (Å²) < 4.78 is 23.3. The van der Waals surface area contributed by atoms with Crippen LogP contribution in [0.15, 0.2) is 0 Å². The zero-order valence-electron chi connectivity index (χ0n) is 16.1. The number of rotatable bonds is 8. The first kappa shape index (κ1) is 35.5. The van der Waals surface area contributed by atoms with Crippen molar-refractivity contribution in [2.75, 3.05) is 26.4 Å². The van der Waals surface area contributed by atoms with Crippen LogP contribution in [-0.2, 0) is 25.4 Å². The predicted molar refractivity (Wildman–Crippen MR) is 93.1 cm³/mol. The van der Waals surface area contributed by atoms with E-state index >= 15 is 0 Å². The standard InChI is InChI=1S/4C4H10O.2H2O.O.Zr/c4*1-2-3-4-5;;;;/h4*5H,2-4H2,1H3;2*1H2;;/q;;;;;;;+2/p-2. The average molecular weight is 438 g/mol. The Morgan fingerprint density at radius 1 is 0.542 bits per heavy atom. The fraction of sp³-hybridized carbons (Fsp3) is 1.00. The maximum atomic E-state index is 8.84. The molecule has 0 saturated heterocycles. The summed E-state index contributed by atoms with van der Waals surface area (Å²) in [5.41, 5.74) is 0. The Hall–Kier alpha value is 0.443. The Labute approximate surface area is 157 Å². The van der Waals surface area contributed by atoms with Gasteiger partial charge in [0.25, 0.3) is 0 Å². The molecule has 8 heteroatoms. The van der Waals surface area contributed by atoms with Crippen molar-refractivity contribution in [3.63, 3.8) is 0 Å². The molecule has 0 heterocycles. The fourth-order valence-corrected chi connectivity index (χ4v) is 0.632. The summed E-state index contributed by atoms with van der Waals surface area (Å²) in [6, 6.07) is 0. The Morgan fingerprint density at radius 2 is 0.667 bits per heavy atom. The van der Waals surface area contributed by atoms with Crippen LogP contribution < -0.4 is 0 Å². The molecule has 7 nitrogen and oxygen atoms in total. The molecule has 24 heavy (non-hydrogen) atoms. The van der Waals surface area contributed by atoms with Gasteiger partial charge in [-0.1, -0.05) is 53.4 Å². The molecule has 0 aliphatic rings. The van der Waals surface area contributed by atoms with Crippen molar-refractivity contribution in [2.45, 2.75) is 79.1 Å². The molecule has 0 aromatic carbocycles. The van der Waals surface area contributed by atoms with E-state index in [9.17, 15) is 0 Å². The van der Waals surface area contributed by atoms with Gasteiger partial charge in [0.15, 0.2) is 0 Å². The molecule has 0 aliphatic carbocycles. The van der Waals surface area contributed by atoms with Crippen LogP contribution in [0.2, 0.25) is 0 Å². The van der Waals surface area contributed by atoms with Crippen molar-refractivity contribution in [3.8, 4) is 0 Å². The minimum atomic E-state index is -3.79. The van der Waals surface area contributed by atoms with Crippen molar-refractivity contribution in [2.24, 2.45) is 0 Å². The zero-order chi connectivity index (χ0) is 20.1. The van der Waals surface area contributed by atoms with Crippen LogP contribution in [0, 0.1) is 0 Å². The monoisotopic (exact) mass is 436 g/mol. The quantitative estimate of drug-likeness (QED) is 0.341. The predicted octanol–water partition coefficient (Wildman–Crippen LogP) is 1.88.